The van der Waals surface area contributed by atoms with Crippen LogP contribution in [0.4, 0.5) is 4.79 Å². The molecule has 212 valence electrons. The van der Waals surface area contributed by atoms with E-state index in [-0.39, 0.29) is 18.7 Å². The van der Waals surface area contributed by atoms with E-state index in [1.165, 1.54) is 6.20 Å². The summed E-state index contributed by atoms with van der Waals surface area (Å²) in [7, 11) is 0. The minimum atomic E-state index is -2.09. The van der Waals surface area contributed by atoms with Crippen molar-refractivity contribution < 1.29 is 28.7 Å². The van der Waals surface area contributed by atoms with E-state index < -0.39 is 40.7 Å². The highest BCUT2D eigenvalue weighted by molar-refractivity contribution is 6.51. The quantitative estimate of drug-likeness (QED) is 0.149. The number of benzene rings is 2. The number of carbonyl (C=O) groups is 4. The number of esters is 1. The van der Waals surface area contributed by atoms with Gasteiger partial charge in [-0.1, -0.05) is 61.7 Å². The van der Waals surface area contributed by atoms with Crippen LogP contribution >= 0.6 is 0 Å². The Labute approximate surface area is 233 Å². The summed E-state index contributed by atoms with van der Waals surface area (Å²) < 4.78 is 10.9. The average Bonchev–Trinajstić information content (AvgIpc) is 3.37. The molecule has 1 unspecified atom stereocenters. The first-order valence-electron chi connectivity index (χ1n) is 13.6. The van der Waals surface area contributed by atoms with Crippen LogP contribution in [0.25, 0.3) is 10.9 Å². The first-order valence-corrected chi connectivity index (χ1v) is 13.6. The third-order valence-electron chi connectivity index (χ3n) is 7.20. The van der Waals surface area contributed by atoms with Crippen molar-refractivity contribution in [2.45, 2.75) is 77.2 Å². The second-order valence-corrected chi connectivity index (χ2v) is 11.4. The lowest BCUT2D eigenvalue weighted by atomic mass is 9.71. The summed E-state index contributed by atoms with van der Waals surface area (Å²) in [5, 5.41) is 3.29. The molecular weight excluding hydrogens is 510 g/mol. The van der Waals surface area contributed by atoms with Gasteiger partial charge in [-0.05, 0) is 56.7 Å². The summed E-state index contributed by atoms with van der Waals surface area (Å²) in [6.07, 6.45) is 4.68. The lowest BCUT2D eigenvalue weighted by molar-refractivity contribution is -0.157. The standard InChI is InChI=1S/C31H37N3O6/c1-30(2,3)40-29(38)34-17-20-10-9-11-21(16-20)19-39-28(37)31(32,22-12-5-4-6-13-22)27(36)26(35)24-18-33-25-15-8-7-14-23(24)25/h7-11,14-16,18,22,33H,4-6,12-13,17,19,32H2,1-3H3,(H,34,38). The summed E-state index contributed by atoms with van der Waals surface area (Å²) >= 11 is 0. The predicted octanol–water partition coefficient (Wildman–Crippen LogP) is 4.97. The van der Waals surface area contributed by atoms with Crippen molar-refractivity contribution in [1.82, 2.24) is 10.3 Å². The summed E-state index contributed by atoms with van der Waals surface area (Å²) in [6, 6.07) is 14.3. The Morgan fingerprint density at radius 2 is 1.68 bits per heavy atom. The average molecular weight is 548 g/mol. The minimum Gasteiger partial charge on any atom is -0.459 e. The molecule has 1 fully saturated rings. The third kappa shape index (κ3) is 6.59. The maximum Gasteiger partial charge on any atom is 0.407 e. The minimum absolute atomic E-state index is 0.140. The smallest absolute Gasteiger partial charge is 0.407 e. The Hall–Kier alpha value is -3.98. The second-order valence-electron chi connectivity index (χ2n) is 11.4. The number of aromatic nitrogens is 1. The highest BCUT2D eigenvalue weighted by atomic mass is 16.6. The van der Waals surface area contributed by atoms with Gasteiger partial charge in [-0.15, -0.1) is 0 Å². The largest absolute Gasteiger partial charge is 0.459 e. The second kappa shape index (κ2) is 12.0. The topological polar surface area (TPSA) is 141 Å². The van der Waals surface area contributed by atoms with Crippen LogP contribution in [0.15, 0.2) is 54.7 Å². The molecule has 1 atom stereocenters. The fourth-order valence-electron chi connectivity index (χ4n) is 5.16. The van der Waals surface area contributed by atoms with Crippen molar-refractivity contribution >= 4 is 34.5 Å². The number of alkyl carbamates (subject to hydrolysis) is 1. The molecule has 0 aliphatic heterocycles. The van der Waals surface area contributed by atoms with Crippen molar-refractivity contribution in [1.29, 1.82) is 0 Å². The number of fused-ring (bicyclic) bond motifs is 1. The molecule has 0 radical (unpaired) electrons. The zero-order valence-electron chi connectivity index (χ0n) is 23.3. The third-order valence-corrected chi connectivity index (χ3v) is 7.20. The number of amides is 1. The molecule has 0 spiro atoms. The van der Waals surface area contributed by atoms with E-state index in [0.29, 0.717) is 29.3 Å². The number of Topliss-reactive ketones (excluding diaryl/α,β-unsaturated/α-hetero) is 2. The molecule has 1 amide bonds. The van der Waals surface area contributed by atoms with Gasteiger partial charge in [0, 0.05) is 23.6 Å². The molecule has 40 heavy (non-hydrogen) atoms. The molecular formula is C31H37N3O6. The molecule has 9 nitrogen and oxygen atoms in total. The van der Waals surface area contributed by atoms with Gasteiger partial charge in [-0.2, -0.15) is 0 Å². The van der Waals surface area contributed by atoms with E-state index in [2.05, 4.69) is 10.3 Å². The molecule has 1 aliphatic carbocycles. The van der Waals surface area contributed by atoms with Gasteiger partial charge in [-0.3, -0.25) is 9.59 Å². The Bertz CT molecular complexity index is 1400. The predicted molar refractivity (Wildman–Crippen MR) is 150 cm³/mol. The number of rotatable bonds is 9. The number of para-hydroxylation sites is 1. The van der Waals surface area contributed by atoms with Crippen LogP contribution in [-0.2, 0) is 32.2 Å². The lowest BCUT2D eigenvalue weighted by Crippen LogP contribution is -2.63. The molecule has 1 aromatic heterocycles. The summed E-state index contributed by atoms with van der Waals surface area (Å²) in [5.74, 6) is -3.17. The maximum absolute atomic E-state index is 13.7. The normalized spacial score (nSPS) is 15.7. The SMILES string of the molecule is CC(C)(C)OC(=O)NCc1cccc(COC(=O)C(N)(C(=O)C(=O)c2c[nH]c3ccccc23)C2CCCCC2)c1. The van der Waals surface area contributed by atoms with Crippen molar-refractivity contribution in [2.75, 3.05) is 0 Å². The number of ether oxygens (including phenoxy) is 2. The summed E-state index contributed by atoms with van der Waals surface area (Å²) in [6.45, 7) is 5.43. The van der Waals surface area contributed by atoms with Gasteiger partial charge >= 0.3 is 12.1 Å². The van der Waals surface area contributed by atoms with Gasteiger partial charge in [0.1, 0.15) is 12.2 Å². The van der Waals surface area contributed by atoms with E-state index in [1.807, 2.05) is 12.1 Å². The van der Waals surface area contributed by atoms with Crippen LogP contribution in [0.5, 0.6) is 0 Å². The number of aromatic amines is 1. The van der Waals surface area contributed by atoms with Gasteiger partial charge in [0.15, 0.2) is 5.54 Å². The van der Waals surface area contributed by atoms with Gasteiger partial charge in [0.05, 0.1) is 5.56 Å². The summed E-state index contributed by atoms with van der Waals surface area (Å²) in [4.78, 5) is 55.7. The first kappa shape index (κ1) is 29.0. The van der Waals surface area contributed by atoms with Crippen LogP contribution in [0.3, 0.4) is 0 Å². The fourth-order valence-corrected chi connectivity index (χ4v) is 5.16. The number of ketones is 2. The van der Waals surface area contributed by atoms with E-state index in [9.17, 15) is 19.2 Å². The van der Waals surface area contributed by atoms with Crippen molar-refractivity contribution in [3.63, 3.8) is 0 Å². The van der Waals surface area contributed by atoms with Crippen LogP contribution in [-0.4, -0.2) is 39.8 Å². The van der Waals surface area contributed by atoms with Gasteiger partial charge in [0.25, 0.3) is 0 Å². The number of nitrogens with one attached hydrogen (secondary N) is 2. The molecule has 0 saturated heterocycles. The van der Waals surface area contributed by atoms with Crippen LogP contribution in [0.1, 0.15) is 74.4 Å². The Morgan fingerprint density at radius 3 is 2.40 bits per heavy atom. The van der Waals surface area contributed by atoms with Crippen molar-refractivity contribution in [2.24, 2.45) is 11.7 Å². The van der Waals surface area contributed by atoms with Gasteiger partial charge in [-0.25, -0.2) is 9.59 Å². The van der Waals surface area contributed by atoms with Crippen LogP contribution in [0, 0.1) is 5.92 Å². The zero-order valence-corrected chi connectivity index (χ0v) is 23.3. The summed E-state index contributed by atoms with van der Waals surface area (Å²) in [5.41, 5.74) is 6.24. The number of H-pyrrole nitrogens is 1. The zero-order chi connectivity index (χ0) is 28.9. The van der Waals surface area contributed by atoms with Crippen LogP contribution in [0.2, 0.25) is 0 Å². The van der Waals surface area contributed by atoms with Gasteiger partial charge in [0.2, 0.25) is 11.6 Å². The Morgan fingerprint density at radius 1 is 0.975 bits per heavy atom. The molecule has 1 heterocycles. The van der Waals surface area contributed by atoms with Gasteiger partial charge < -0.3 is 25.5 Å². The van der Waals surface area contributed by atoms with E-state index in [0.717, 1.165) is 24.8 Å². The molecule has 1 aliphatic rings. The molecule has 0 bridgehead atoms. The fraction of sp³-hybridized carbons (Fsp3) is 0.419. The number of nitrogens with two attached hydrogens (primary N) is 1. The van der Waals surface area contributed by atoms with E-state index in [4.69, 9.17) is 15.2 Å². The van der Waals surface area contributed by atoms with Crippen LogP contribution < -0.4 is 11.1 Å². The molecule has 4 rings (SSSR count). The highest BCUT2D eigenvalue weighted by Gasteiger charge is 2.53. The molecule has 1 saturated carbocycles. The number of carbonyl (C=O) groups excluding carboxylic acids is 4. The van der Waals surface area contributed by atoms with Crippen molar-refractivity contribution in [3.05, 3.63) is 71.4 Å². The highest BCUT2D eigenvalue weighted by Crippen LogP contribution is 2.34. The number of hydrogen-bond donors (Lipinski definition) is 3. The Balaban J connectivity index is 1.49. The Kier molecular flexibility index (Phi) is 8.73. The molecule has 2 aromatic carbocycles. The molecule has 4 N–H and O–H groups in total. The molecule has 3 aromatic rings. The monoisotopic (exact) mass is 547 g/mol. The molecule has 9 heteroatoms. The number of hydrogen-bond acceptors (Lipinski definition) is 7. The lowest BCUT2D eigenvalue weighted by Gasteiger charge is -2.35. The first-order chi connectivity index (χ1) is 19.0. The maximum atomic E-state index is 13.7. The van der Waals surface area contributed by atoms with E-state index in [1.54, 1.807) is 57.2 Å². The van der Waals surface area contributed by atoms with Crippen molar-refractivity contribution in [3.8, 4) is 0 Å². The van der Waals surface area contributed by atoms with E-state index >= 15 is 0 Å².